The summed E-state index contributed by atoms with van der Waals surface area (Å²) in [7, 11) is 1.60. The zero-order valence-corrected chi connectivity index (χ0v) is 12.8. The van der Waals surface area contributed by atoms with E-state index in [9.17, 15) is 4.79 Å². The first-order chi connectivity index (χ1) is 9.51. The highest BCUT2D eigenvalue weighted by Crippen LogP contribution is 2.25. The fourth-order valence-electron chi connectivity index (χ4n) is 1.99. The molecule has 2 aromatic rings. The lowest BCUT2D eigenvalue weighted by Crippen LogP contribution is -2.05. The van der Waals surface area contributed by atoms with E-state index < -0.39 is 0 Å². The van der Waals surface area contributed by atoms with Gasteiger partial charge in [-0.15, -0.1) is 0 Å². The SMILES string of the molecule is COc1ccc(C)cc1CC(=O)c1ccc(Cl)c(Cl)c1. The first-order valence-corrected chi connectivity index (χ1v) is 6.88. The Hall–Kier alpha value is -1.51. The summed E-state index contributed by atoms with van der Waals surface area (Å²) in [6.07, 6.45) is 0.267. The second-order valence-corrected chi connectivity index (χ2v) is 5.36. The van der Waals surface area contributed by atoms with Gasteiger partial charge in [-0.1, -0.05) is 40.9 Å². The molecule has 4 heteroatoms. The molecular weight excluding hydrogens is 295 g/mol. The molecule has 0 spiro atoms. The minimum Gasteiger partial charge on any atom is -0.496 e. The van der Waals surface area contributed by atoms with Crippen LogP contribution < -0.4 is 4.74 Å². The van der Waals surface area contributed by atoms with Gasteiger partial charge in [0, 0.05) is 17.5 Å². The number of hydrogen-bond donors (Lipinski definition) is 0. The summed E-state index contributed by atoms with van der Waals surface area (Å²) in [5.41, 5.74) is 2.49. The number of benzene rings is 2. The van der Waals surface area contributed by atoms with Gasteiger partial charge in [0.25, 0.3) is 0 Å². The van der Waals surface area contributed by atoms with Gasteiger partial charge in [-0.05, 0) is 31.2 Å². The van der Waals surface area contributed by atoms with Crippen molar-refractivity contribution in [2.45, 2.75) is 13.3 Å². The van der Waals surface area contributed by atoms with Crippen LogP contribution in [0.4, 0.5) is 0 Å². The van der Waals surface area contributed by atoms with Gasteiger partial charge in [0.15, 0.2) is 5.78 Å². The van der Waals surface area contributed by atoms with Crippen molar-refractivity contribution < 1.29 is 9.53 Å². The highest BCUT2D eigenvalue weighted by molar-refractivity contribution is 6.42. The van der Waals surface area contributed by atoms with Crippen LogP contribution in [-0.4, -0.2) is 12.9 Å². The maximum absolute atomic E-state index is 12.3. The van der Waals surface area contributed by atoms with Crippen molar-refractivity contribution in [3.63, 3.8) is 0 Å². The number of ketones is 1. The zero-order chi connectivity index (χ0) is 14.7. The molecular formula is C16H14Cl2O2. The van der Waals surface area contributed by atoms with Crippen LogP contribution in [0.3, 0.4) is 0 Å². The van der Waals surface area contributed by atoms with E-state index in [-0.39, 0.29) is 12.2 Å². The Morgan fingerprint density at radius 3 is 2.50 bits per heavy atom. The van der Waals surface area contributed by atoms with Crippen molar-refractivity contribution in [3.05, 3.63) is 63.1 Å². The number of aryl methyl sites for hydroxylation is 1. The van der Waals surface area contributed by atoms with Crippen molar-refractivity contribution >= 4 is 29.0 Å². The van der Waals surface area contributed by atoms with E-state index in [0.717, 1.165) is 11.1 Å². The van der Waals surface area contributed by atoms with E-state index >= 15 is 0 Å². The molecule has 0 aliphatic rings. The molecule has 0 heterocycles. The van der Waals surface area contributed by atoms with Crippen molar-refractivity contribution in [1.29, 1.82) is 0 Å². The maximum atomic E-state index is 12.3. The predicted octanol–water partition coefficient (Wildman–Crippen LogP) is 4.74. The van der Waals surface area contributed by atoms with Crippen LogP contribution in [0.5, 0.6) is 5.75 Å². The average Bonchev–Trinajstić information content (AvgIpc) is 2.42. The molecule has 2 aromatic carbocycles. The molecule has 0 saturated carbocycles. The van der Waals surface area contributed by atoms with Gasteiger partial charge < -0.3 is 4.74 Å². The Labute approximate surface area is 128 Å². The molecule has 0 fully saturated rings. The predicted molar refractivity (Wildman–Crippen MR) is 82.2 cm³/mol. The molecule has 0 radical (unpaired) electrons. The normalized spacial score (nSPS) is 10.4. The molecule has 0 amide bonds. The number of carbonyl (C=O) groups excluding carboxylic acids is 1. The monoisotopic (exact) mass is 308 g/mol. The van der Waals surface area contributed by atoms with Gasteiger partial charge in [-0.25, -0.2) is 0 Å². The van der Waals surface area contributed by atoms with Gasteiger partial charge in [-0.3, -0.25) is 4.79 Å². The molecule has 0 N–H and O–H groups in total. The Kier molecular flexibility index (Phi) is 4.69. The molecule has 0 aliphatic heterocycles. The number of carbonyl (C=O) groups is 1. The van der Waals surface area contributed by atoms with E-state index in [4.69, 9.17) is 27.9 Å². The highest BCUT2D eigenvalue weighted by Gasteiger charge is 2.12. The standard InChI is InChI=1S/C16H14Cl2O2/c1-10-3-6-16(20-2)12(7-10)9-15(19)11-4-5-13(17)14(18)8-11/h3-8H,9H2,1-2H3. The van der Waals surface area contributed by atoms with Crippen LogP contribution in [0, 0.1) is 6.92 Å². The Morgan fingerprint density at radius 1 is 1.10 bits per heavy atom. The molecule has 0 unspecified atom stereocenters. The number of rotatable bonds is 4. The lowest BCUT2D eigenvalue weighted by atomic mass is 10.0. The molecule has 2 rings (SSSR count). The van der Waals surface area contributed by atoms with Crippen LogP contribution in [0.1, 0.15) is 21.5 Å². The number of halogens is 2. The van der Waals surface area contributed by atoms with E-state index in [1.54, 1.807) is 25.3 Å². The second-order valence-electron chi connectivity index (χ2n) is 4.54. The zero-order valence-electron chi connectivity index (χ0n) is 11.2. The lowest BCUT2D eigenvalue weighted by molar-refractivity contribution is 0.0992. The minimum atomic E-state index is -0.0209. The summed E-state index contributed by atoms with van der Waals surface area (Å²) in [4.78, 5) is 12.3. The first kappa shape index (κ1) is 14.9. The topological polar surface area (TPSA) is 26.3 Å². The van der Waals surface area contributed by atoms with Crippen LogP contribution in [0.2, 0.25) is 10.0 Å². The van der Waals surface area contributed by atoms with E-state index in [1.165, 1.54) is 0 Å². The molecule has 20 heavy (non-hydrogen) atoms. The summed E-state index contributed by atoms with van der Waals surface area (Å²) in [5, 5.41) is 0.824. The van der Waals surface area contributed by atoms with Crippen LogP contribution in [-0.2, 0) is 6.42 Å². The van der Waals surface area contributed by atoms with Gasteiger partial charge in [0.2, 0.25) is 0 Å². The Morgan fingerprint density at radius 2 is 1.85 bits per heavy atom. The summed E-state index contributed by atoms with van der Waals surface area (Å²) < 4.78 is 5.28. The van der Waals surface area contributed by atoms with Crippen LogP contribution in [0.25, 0.3) is 0 Å². The van der Waals surface area contributed by atoms with Crippen LogP contribution in [0.15, 0.2) is 36.4 Å². The van der Waals surface area contributed by atoms with E-state index in [1.807, 2.05) is 25.1 Å². The van der Waals surface area contributed by atoms with Crippen molar-refractivity contribution in [2.24, 2.45) is 0 Å². The molecule has 0 atom stereocenters. The molecule has 2 nitrogen and oxygen atoms in total. The Balaban J connectivity index is 2.27. The van der Waals surface area contributed by atoms with Crippen molar-refractivity contribution in [2.75, 3.05) is 7.11 Å². The third-order valence-electron chi connectivity index (χ3n) is 3.03. The summed E-state index contributed by atoms with van der Waals surface area (Å²) in [5.74, 6) is 0.691. The largest absolute Gasteiger partial charge is 0.496 e. The summed E-state index contributed by atoms with van der Waals surface area (Å²) in [6.45, 7) is 1.98. The maximum Gasteiger partial charge on any atom is 0.167 e. The third kappa shape index (κ3) is 3.33. The second kappa shape index (κ2) is 6.29. The molecule has 104 valence electrons. The molecule has 0 aromatic heterocycles. The average molecular weight is 309 g/mol. The lowest BCUT2D eigenvalue weighted by Gasteiger charge is -2.09. The van der Waals surface area contributed by atoms with Crippen molar-refractivity contribution in [3.8, 4) is 5.75 Å². The molecule has 0 saturated heterocycles. The number of hydrogen-bond acceptors (Lipinski definition) is 2. The third-order valence-corrected chi connectivity index (χ3v) is 3.77. The van der Waals surface area contributed by atoms with Gasteiger partial charge in [-0.2, -0.15) is 0 Å². The van der Waals surface area contributed by atoms with Crippen LogP contribution >= 0.6 is 23.2 Å². The number of methoxy groups -OCH3 is 1. The number of ether oxygens (including phenoxy) is 1. The smallest absolute Gasteiger partial charge is 0.167 e. The van der Waals surface area contributed by atoms with E-state index in [0.29, 0.717) is 21.4 Å². The quantitative estimate of drug-likeness (QED) is 0.763. The first-order valence-electron chi connectivity index (χ1n) is 6.13. The number of Topliss-reactive ketones (excluding diaryl/α,β-unsaturated/α-hetero) is 1. The van der Waals surface area contributed by atoms with Crippen molar-refractivity contribution in [1.82, 2.24) is 0 Å². The van der Waals surface area contributed by atoms with E-state index in [2.05, 4.69) is 0 Å². The highest BCUT2D eigenvalue weighted by atomic mass is 35.5. The minimum absolute atomic E-state index is 0.0209. The van der Waals surface area contributed by atoms with Gasteiger partial charge in [0.05, 0.1) is 17.2 Å². The molecule has 0 bridgehead atoms. The molecule has 0 aliphatic carbocycles. The van der Waals surface area contributed by atoms with Gasteiger partial charge in [0.1, 0.15) is 5.75 Å². The summed E-state index contributed by atoms with van der Waals surface area (Å²) in [6, 6.07) is 10.7. The fraction of sp³-hybridized carbons (Fsp3) is 0.188. The summed E-state index contributed by atoms with van der Waals surface area (Å²) >= 11 is 11.8. The fourth-order valence-corrected chi connectivity index (χ4v) is 2.29. The van der Waals surface area contributed by atoms with Gasteiger partial charge >= 0.3 is 0 Å². The Bertz CT molecular complexity index is 651.